The summed E-state index contributed by atoms with van der Waals surface area (Å²) in [6, 6.07) is 14.1. The number of fused-ring (bicyclic) bond motifs is 3. The van der Waals surface area contributed by atoms with Gasteiger partial charge in [0.05, 0.1) is 22.6 Å². The SMILES string of the molecule is C#C.C#C.C=C(CC)NCc1cc(-c2ccccc2)c2c(c1O)C(=O)C1=C(C#N)C3(C)C(=O)C(C(=C)N)=C(C)C[C@@H]3CC1C2.CNC. The summed E-state index contributed by atoms with van der Waals surface area (Å²) in [6.07, 6.45) is 18.4. The molecule has 7 nitrogen and oxygen atoms in total. The Hall–Kier alpha value is -5.29. The van der Waals surface area contributed by atoms with Crippen molar-refractivity contribution in [2.24, 2.45) is 23.0 Å². The zero-order chi connectivity index (χ0) is 35.6. The van der Waals surface area contributed by atoms with Gasteiger partial charge in [-0.15, -0.1) is 25.7 Å². The summed E-state index contributed by atoms with van der Waals surface area (Å²) in [5.74, 6) is -1.09. The molecule has 0 aliphatic heterocycles. The van der Waals surface area contributed by atoms with E-state index in [9.17, 15) is 20.0 Å². The molecule has 2 aromatic rings. The van der Waals surface area contributed by atoms with Crippen molar-refractivity contribution >= 4 is 11.6 Å². The second kappa shape index (κ2) is 16.3. The molecular formula is C40H46N4O3. The highest BCUT2D eigenvalue weighted by Gasteiger charge is 2.56. The van der Waals surface area contributed by atoms with Crippen LogP contribution in [0.25, 0.3) is 11.1 Å². The van der Waals surface area contributed by atoms with Crippen LogP contribution >= 0.6 is 0 Å². The zero-order valence-corrected chi connectivity index (χ0v) is 28.2. The number of phenols is 1. The van der Waals surface area contributed by atoms with Crippen LogP contribution in [0.1, 0.15) is 61.5 Å². The Bertz CT molecular complexity index is 1700. The lowest BCUT2D eigenvalue weighted by atomic mass is 9.52. The number of terminal acetylenes is 2. The highest BCUT2D eigenvalue weighted by molar-refractivity contribution is 6.17. The molecule has 3 aliphatic carbocycles. The molecule has 47 heavy (non-hydrogen) atoms. The molecule has 0 spiro atoms. The minimum absolute atomic E-state index is 0.0895. The molecule has 0 radical (unpaired) electrons. The third-order valence-electron chi connectivity index (χ3n) is 9.14. The van der Waals surface area contributed by atoms with Crippen molar-refractivity contribution in [1.29, 1.82) is 5.26 Å². The fraction of sp³-hybridized carbons (Fsp3) is 0.325. The zero-order valence-electron chi connectivity index (χ0n) is 28.2. The number of phenolic OH excluding ortho intramolecular Hbond substituents is 1. The van der Waals surface area contributed by atoms with E-state index in [1.165, 1.54) is 0 Å². The molecule has 2 aromatic carbocycles. The van der Waals surface area contributed by atoms with E-state index < -0.39 is 5.41 Å². The molecule has 3 atom stereocenters. The van der Waals surface area contributed by atoms with E-state index in [1.807, 2.05) is 64.3 Å². The Morgan fingerprint density at radius 2 is 1.72 bits per heavy atom. The van der Waals surface area contributed by atoms with Gasteiger partial charge >= 0.3 is 0 Å². The Morgan fingerprint density at radius 3 is 2.26 bits per heavy atom. The molecule has 2 unspecified atom stereocenters. The molecule has 0 heterocycles. The number of aromatic hydroxyl groups is 1. The number of carbonyl (C=O) groups excluding carboxylic acids is 2. The predicted octanol–water partition coefficient (Wildman–Crippen LogP) is 6.37. The maximum absolute atomic E-state index is 14.4. The summed E-state index contributed by atoms with van der Waals surface area (Å²) < 4.78 is 0. The summed E-state index contributed by atoms with van der Waals surface area (Å²) in [4.78, 5) is 28.3. The quantitative estimate of drug-likeness (QED) is 0.273. The Morgan fingerprint density at radius 1 is 1.13 bits per heavy atom. The topological polar surface area (TPSA) is 128 Å². The van der Waals surface area contributed by atoms with Crippen LogP contribution in [0.5, 0.6) is 5.75 Å². The van der Waals surface area contributed by atoms with Crippen LogP contribution in [0, 0.1) is 54.3 Å². The Kier molecular flexibility index (Phi) is 13.2. The van der Waals surface area contributed by atoms with Crippen LogP contribution in [-0.4, -0.2) is 30.8 Å². The largest absolute Gasteiger partial charge is 0.507 e. The van der Waals surface area contributed by atoms with Crippen LogP contribution in [0.15, 0.2) is 83.2 Å². The van der Waals surface area contributed by atoms with Crippen LogP contribution < -0.4 is 16.4 Å². The second-order valence-electron chi connectivity index (χ2n) is 11.9. The van der Waals surface area contributed by atoms with Crippen molar-refractivity contribution in [3.8, 4) is 48.6 Å². The third-order valence-corrected chi connectivity index (χ3v) is 9.14. The van der Waals surface area contributed by atoms with Gasteiger partial charge in [0.2, 0.25) is 0 Å². The van der Waals surface area contributed by atoms with Gasteiger partial charge in [0.25, 0.3) is 0 Å². The first-order valence-electron chi connectivity index (χ1n) is 15.4. The van der Waals surface area contributed by atoms with Crippen LogP contribution in [-0.2, 0) is 17.8 Å². The van der Waals surface area contributed by atoms with Crippen LogP contribution in [0.4, 0.5) is 0 Å². The Balaban J connectivity index is 0.00000102. The molecule has 244 valence electrons. The number of rotatable bonds is 6. The number of ketones is 2. The van der Waals surface area contributed by atoms with Crippen molar-refractivity contribution in [1.82, 2.24) is 10.6 Å². The predicted molar refractivity (Wildman–Crippen MR) is 191 cm³/mol. The molecule has 5 N–H and O–H groups in total. The number of Topliss-reactive ketones (excluding diaryl/α,β-unsaturated/α-hetero) is 2. The molecular weight excluding hydrogens is 584 g/mol. The number of nitriles is 1. The summed E-state index contributed by atoms with van der Waals surface area (Å²) >= 11 is 0. The van der Waals surface area contributed by atoms with Gasteiger partial charge in [-0.25, -0.2) is 0 Å². The average Bonchev–Trinajstić information content (AvgIpc) is 3.06. The van der Waals surface area contributed by atoms with E-state index in [1.54, 1.807) is 6.92 Å². The van der Waals surface area contributed by atoms with E-state index in [0.717, 1.165) is 34.4 Å². The van der Waals surface area contributed by atoms with E-state index in [-0.39, 0.29) is 46.0 Å². The molecule has 5 rings (SSSR count). The summed E-state index contributed by atoms with van der Waals surface area (Å²) in [5.41, 5.74) is 11.1. The van der Waals surface area contributed by atoms with Crippen molar-refractivity contribution in [2.75, 3.05) is 14.1 Å². The summed E-state index contributed by atoms with van der Waals surface area (Å²) in [6.45, 7) is 13.8. The van der Waals surface area contributed by atoms with Gasteiger partial charge in [-0.1, -0.05) is 56.0 Å². The number of benzene rings is 2. The van der Waals surface area contributed by atoms with E-state index in [4.69, 9.17) is 5.73 Å². The molecule has 0 saturated heterocycles. The fourth-order valence-corrected chi connectivity index (χ4v) is 6.94. The van der Waals surface area contributed by atoms with Crippen molar-refractivity contribution < 1.29 is 14.7 Å². The maximum Gasteiger partial charge on any atom is 0.194 e. The van der Waals surface area contributed by atoms with Gasteiger partial charge < -0.3 is 21.5 Å². The normalized spacial score (nSPS) is 20.6. The monoisotopic (exact) mass is 630 g/mol. The standard InChI is InChI=1S/C34H35N3O3.C2H7N.2C2H2/c1-6-19(3)37-17-23-15-25(21-10-8-7-9-11-21)26-14-22-13-24-12-18(2)28(20(4)36)33(40)34(24,5)27(16-35)29(22)32(39)30(26)31(23)38;1-3-2;2*1-2/h7-11,15,22,24,37-38H,3-4,6,12-14,17,36H2,1-2,5H3;3H,1-2H3;2*1-2H/t22?,24-,34?;;;/m1.../s1. The van der Waals surface area contributed by atoms with Gasteiger partial charge in [0.1, 0.15) is 5.75 Å². The fourth-order valence-electron chi connectivity index (χ4n) is 6.94. The van der Waals surface area contributed by atoms with E-state index in [0.29, 0.717) is 42.5 Å². The first-order chi connectivity index (χ1) is 22.5. The van der Waals surface area contributed by atoms with Crippen molar-refractivity contribution in [2.45, 2.75) is 53.0 Å². The molecule has 7 heteroatoms. The summed E-state index contributed by atoms with van der Waals surface area (Å²) in [5, 5.41) is 28.0. The lowest BCUT2D eigenvalue weighted by Gasteiger charge is -2.48. The highest BCUT2D eigenvalue weighted by Crippen LogP contribution is 2.57. The minimum atomic E-state index is -1.18. The van der Waals surface area contributed by atoms with Crippen LogP contribution in [0.2, 0.25) is 0 Å². The molecule has 0 amide bonds. The van der Waals surface area contributed by atoms with Crippen LogP contribution in [0.3, 0.4) is 0 Å². The van der Waals surface area contributed by atoms with Gasteiger partial charge in [-0.3, -0.25) is 9.59 Å². The number of nitrogens with zero attached hydrogens (tertiary/aromatic N) is 1. The van der Waals surface area contributed by atoms with Gasteiger partial charge in [-0.2, -0.15) is 5.26 Å². The number of allylic oxidation sites excluding steroid dienone is 5. The van der Waals surface area contributed by atoms with Gasteiger partial charge in [-0.05, 0) is 88.2 Å². The molecule has 0 aromatic heterocycles. The van der Waals surface area contributed by atoms with Gasteiger partial charge in [0.15, 0.2) is 11.6 Å². The molecule has 0 saturated carbocycles. The smallest absolute Gasteiger partial charge is 0.194 e. The van der Waals surface area contributed by atoms with E-state index >= 15 is 0 Å². The van der Waals surface area contributed by atoms with Crippen molar-refractivity contribution in [3.63, 3.8) is 0 Å². The minimum Gasteiger partial charge on any atom is -0.507 e. The third kappa shape index (κ3) is 6.95. The lowest BCUT2D eigenvalue weighted by molar-refractivity contribution is -0.126. The first kappa shape index (κ1) is 37.9. The number of hydrogen-bond acceptors (Lipinski definition) is 7. The first-order valence-corrected chi connectivity index (χ1v) is 15.4. The van der Waals surface area contributed by atoms with Gasteiger partial charge in [0, 0.05) is 34.6 Å². The maximum atomic E-state index is 14.4. The number of nitrogens with two attached hydrogens (primary N) is 1. The Labute approximate surface area is 280 Å². The highest BCUT2D eigenvalue weighted by atomic mass is 16.3. The summed E-state index contributed by atoms with van der Waals surface area (Å²) in [7, 11) is 3.75. The second-order valence-corrected chi connectivity index (χ2v) is 11.9. The molecule has 3 aliphatic rings. The number of nitrogens with one attached hydrogen (secondary N) is 2. The number of hydrogen-bond donors (Lipinski definition) is 4. The van der Waals surface area contributed by atoms with E-state index in [2.05, 4.69) is 55.6 Å². The molecule has 0 bridgehead atoms. The average molecular weight is 631 g/mol. The number of carbonyl (C=O) groups is 2. The molecule has 0 fully saturated rings. The van der Waals surface area contributed by atoms with Crippen molar-refractivity contribution in [3.05, 3.63) is 99.9 Å². The lowest BCUT2D eigenvalue weighted by Crippen LogP contribution is -2.49.